The molecule has 1 aliphatic carbocycles. The lowest BCUT2D eigenvalue weighted by molar-refractivity contribution is -0.146. The zero-order valence-electron chi connectivity index (χ0n) is 11.0. The highest BCUT2D eigenvalue weighted by Gasteiger charge is 2.30. The van der Waals surface area contributed by atoms with Crippen LogP contribution in [0.15, 0.2) is 18.5 Å². The van der Waals surface area contributed by atoms with Gasteiger partial charge in [0.05, 0.1) is 13.0 Å². The molecule has 0 atom stereocenters. The fourth-order valence-corrected chi connectivity index (χ4v) is 2.48. The van der Waals surface area contributed by atoms with E-state index < -0.39 is 0 Å². The fourth-order valence-electron chi connectivity index (χ4n) is 2.48. The molecule has 0 bridgehead atoms. The topological polar surface area (TPSA) is 55.3 Å². The second-order valence-corrected chi connectivity index (χ2v) is 4.58. The van der Waals surface area contributed by atoms with E-state index in [9.17, 15) is 4.79 Å². The predicted octanol–water partition coefficient (Wildman–Crippen LogP) is 1.61. The van der Waals surface area contributed by atoms with Gasteiger partial charge in [-0.3, -0.25) is 9.69 Å². The van der Waals surface area contributed by atoms with Gasteiger partial charge >= 0.3 is 5.97 Å². The van der Waals surface area contributed by atoms with Gasteiger partial charge in [-0.1, -0.05) is 6.42 Å². The number of hydrogen-bond acceptors (Lipinski definition) is 5. The molecule has 0 saturated heterocycles. The average Bonchev–Trinajstić information content (AvgIpc) is 2.49. The van der Waals surface area contributed by atoms with Crippen LogP contribution in [0.5, 0.6) is 0 Å². The second kappa shape index (κ2) is 6.19. The summed E-state index contributed by atoms with van der Waals surface area (Å²) in [6.45, 7) is 0. The summed E-state index contributed by atoms with van der Waals surface area (Å²) in [6, 6.07) is 4.58. The molecule has 1 saturated carbocycles. The largest absolute Gasteiger partial charge is 0.469 e. The molecule has 0 amide bonds. The summed E-state index contributed by atoms with van der Waals surface area (Å²) in [4.78, 5) is 21.6. The normalized spacial score (nSPS) is 22.3. The summed E-state index contributed by atoms with van der Waals surface area (Å²) in [5.41, 5.74) is 0. The number of esters is 1. The van der Waals surface area contributed by atoms with Gasteiger partial charge < -0.3 is 4.74 Å². The summed E-state index contributed by atoms with van der Waals surface area (Å²) in [5, 5.41) is 0. The van der Waals surface area contributed by atoms with Gasteiger partial charge in [-0.15, -0.1) is 0 Å². The number of aromatic nitrogens is 2. The Labute approximate surface area is 113 Å². The second-order valence-electron chi connectivity index (χ2n) is 4.58. The number of anilines is 1. The minimum Gasteiger partial charge on any atom is -0.469 e. The van der Waals surface area contributed by atoms with Crippen LogP contribution in [0.3, 0.4) is 0 Å². The number of nitrogens with zero attached hydrogens (tertiary/aromatic N) is 3. The van der Waals surface area contributed by atoms with Crippen LogP contribution in [0, 0.1) is 18.4 Å². The first-order chi connectivity index (χ1) is 9.26. The van der Waals surface area contributed by atoms with E-state index in [0.29, 0.717) is 5.95 Å². The lowest BCUT2D eigenvalue weighted by Crippen LogP contribution is -2.37. The molecule has 0 aliphatic heterocycles. The van der Waals surface area contributed by atoms with E-state index in [1.54, 1.807) is 23.4 Å². The number of ether oxygens (including phenoxy) is 1. The van der Waals surface area contributed by atoms with Crippen molar-refractivity contribution in [1.29, 1.82) is 0 Å². The average molecular weight is 259 g/mol. The van der Waals surface area contributed by atoms with E-state index in [-0.39, 0.29) is 17.9 Å². The molecule has 1 aromatic rings. The maximum atomic E-state index is 11.5. The molecule has 0 aromatic carbocycles. The first kappa shape index (κ1) is 13.3. The third-order valence-corrected chi connectivity index (χ3v) is 3.50. The Bertz CT molecular complexity index is 461. The monoisotopic (exact) mass is 259 g/mol. The minimum atomic E-state index is -0.123. The van der Waals surface area contributed by atoms with E-state index in [2.05, 4.69) is 16.0 Å². The fraction of sp³-hybridized carbons (Fsp3) is 0.500. The quantitative estimate of drug-likeness (QED) is 0.469. The van der Waals surface area contributed by atoms with Gasteiger partial charge in [0.25, 0.3) is 0 Å². The van der Waals surface area contributed by atoms with Gasteiger partial charge in [0.15, 0.2) is 0 Å². The summed E-state index contributed by atoms with van der Waals surface area (Å²) >= 11 is 0. The molecule has 19 heavy (non-hydrogen) atoms. The van der Waals surface area contributed by atoms with Crippen LogP contribution in [-0.2, 0) is 9.53 Å². The molecule has 5 nitrogen and oxygen atoms in total. The Hall–Kier alpha value is -2.09. The van der Waals surface area contributed by atoms with E-state index in [4.69, 9.17) is 11.2 Å². The maximum absolute atomic E-state index is 11.5. The summed E-state index contributed by atoms with van der Waals surface area (Å²) < 4.78 is 4.78. The smallest absolute Gasteiger partial charge is 0.308 e. The number of carbonyl (C=O) groups excluding carboxylic acids is 1. The van der Waals surface area contributed by atoms with Crippen LogP contribution in [0.1, 0.15) is 25.7 Å². The highest BCUT2D eigenvalue weighted by Crippen LogP contribution is 2.29. The number of carbonyl (C=O) groups is 1. The SMILES string of the molecule is C#CN(c1ncccn1)C1CCC(C(=O)OC)CC1. The van der Waals surface area contributed by atoms with E-state index in [1.807, 2.05) is 0 Å². The summed E-state index contributed by atoms with van der Waals surface area (Å²) in [5.74, 6) is 0.422. The third kappa shape index (κ3) is 3.02. The van der Waals surface area contributed by atoms with Gasteiger partial charge in [0, 0.05) is 24.5 Å². The molecule has 0 radical (unpaired) electrons. The molecule has 1 aliphatic rings. The molecule has 1 heterocycles. The molecule has 5 heteroatoms. The van der Waals surface area contributed by atoms with Crippen molar-refractivity contribution in [2.24, 2.45) is 5.92 Å². The molecular formula is C14H17N3O2. The van der Waals surface area contributed by atoms with Crippen LogP contribution < -0.4 is 4.90 Å². The first-order valence-electron chi connectivity index (χ1n) is 6.36. The molecule has 0 unspecified atom stereocenters. The maximum Gasteiger partial charge on any atom is 0.308 e. The van der Waals surface area contributed by atoms with Gasteiger partial charge in [-0.05, 0) is 31.7 Å². The van der Waals surface area contributed by atoms with Gasteiger partial charge in [-0.25, -0.2) is 9.97 Å². The molecular weight excluding hydrogens is 242 g/mol. The van der Waals surface area contributed by atoms with Crippen molar-refractivity contribution in [3.8, 4) is 12.5 Å². The molecule has 0 N–H and O–H groups in total. The van der Waals surface area contributed by atoms with Gasteiger partial charge in [-0.2, -0.15) is 0 Å². The lowest BCUT2D eigenvalue weighted by Gasteiger charge is -2.32. The highest BCUT2D eigenvalue weighted by molar-refractivity contribution is 5.72. The Morgan fingerprint density at radius 1 is 1.37 bits per heavy atom. The summed E-state index contributed by atoms with van der Waals surface area (Å²) in [7, 11) is 1.43. The minimum absolute atomic E-state index is 0.00225. The van der Waals surface area contributed by atoms with Crippen molar-refractivity contribution in [3.05, 3.63) is 18.5 Å². The van der Waals surface area contributed by atoms with E-state index in [0.717, 1.165) is 25.7 Å². The van der Waals surface area contributed by atoms with E-state index in [1.165, 1.54) is 7.11 Å². The first-order valence-corrected chi connectivity index (χ1v) is 6.36. The zero-order valence-corrected chi connectivity index (χ0v) is 11.0. The van der Waals surface area contributed by atoms with Crippen molar-refractivity contribution in [1.82, 2.24) is 9.97 Å². The summed E-state index contributed by atoms with van der Waals surface area (Å²) in [6.07, 6.45) is 12.2. The van der Waals surface area contributed by atoms with Crippen molar-refractivity contribution in [2.75, 3.05) is 12.0 Å². The molecule has 1 fully saturated rings. The van der Waals surface area contributed by atoms with Crippen molar-refractivity contribution in [3.63, 3.8) is 0 Å². The van der Waals surface area contributed by atoms with Crippen LogP contribution in [-0.4, -0.2) is 29.1 Å². The van der Waals surface area contributed by atoms with Crippen LogP contribution in [0.2, 0.25) is 0 Å². The Kier molecular flexibility index (Phi) is 4.35. The number of terminal acetylenes is 1. The molecule has 2 rings (SSSR count). The predicted molar refractivity (Wildman–Crippen MR) is 71.1 cm³/mol. The van der Waals surface area contributed by atoms with Gasteiger partial charge in [0.1, 0.15) is 0 Å². The van der Waals surface area contributed by atoms with Crippen LogP contribution in [0.25, 0.3) is 0 Å². The molecule has 0 spiro atoms. The molecule has 100 valence electrons. The van der Waals surface area contributed by atoms with Crippen LogP contribution in [0.4, 0.5) is 5.95 Å². The Balaban J connectivity index is 2.00. The van der Waals surface area contributed by atoms with Gasteiger partial charge in [0.2, 0.25) is 5.95 Å². The zero-order chi connectivity index (χ0) is 13.7. The van der Waals surface area contributed by atoms with Crippen molar-refractivity contribution >= 4 is 11.9 Å². The Morgan fingerprint density at radius 3 is 2.53 bits per heavy atom. The number of rotatable bonds is 3. The van der Waals surface area contributed by atoms with Crippen LogP contribution >= 0.6 is 0 Å². The lowest BCUT2D eigenvalue weighted by atomic mass is 9.85. The highest BCUT2D eigenvalue weighted by atomic mass is 16.5. The third-order valence-electron chi connectivity index (χ3n) is 3.50. The number of methoxy groups -OCH3 is 1. The Morgan fingerprint density at radius 2 is 2.00 bits per heavy atom. The molecule has 1 aromatic heterocycles. The van der Waals surface area contributed by atoms with Crippen molar-refractivity contribution in [2.45, 2.75) is 31.7 Å². The number of hydrogen-bond donors (Lipinski definition) is 0. The van der Waals surface area contributed by atoms with Crippen molar-refractivity contribution < 1.29 is 9.53 Å². The standard InChI is InChI=1S/C14H17N3O2/c1-3-17(14-15-9-4-10-16-14)12-7-5-11(6-8-12)13(18)19-2/h1,4,9-12H,5-8H2,2H3. The van der Waals surface area contributed by atoms with E-state index >= 15 is 0 Å².